The Labute approximate surface area is 450 Å². The summed E-state index contributed by atoms with van der Waals surface area (Å²) in [6.45, 7) is 0. The summed E-state index contributed by atoms with van der Waals surface area (Å²) in [5.41, 5.74) is 17.1. The van der Waals surface area contributed by atoms with Gasteiger partial charge in [0.05, 0.1) is 50.6 Å². The van der Waals surface area contributed by atoms with Gasteiger partial charge in [-0.3, -0.25) is 0 Å². The van der Waals surface area contributed by atoms with Gasteiger partial charge >= 0.3 is 0 Å². The molecule has 0 aliphatic heterocycles. The van der Waals surface area contributed by atoms with Crippen molar-refractivity contribution in [2.75, 3.05) is 0 Å². The van der Waals surface area contributed by atoms with Crippen LogP contribution in [0.25, 0.3) is 134 Å². The molecule has 7 nitrogen and oxygen atoms in total. The van der Waals surface area contributed by atoms with Gasteiger partial charge in [0.2, 0.25) is 0 Å². The lowest BCUT2D eigenvalue weighted by molar-refractivity contribution is 1.06. The lowest BCUT2D eigenvalue weighted by Crippen LogP contribution is -2.08. The molecule has 0 bridgehead atoms. The highest BCUT2D eigenvalue weighted by Crippen LogP contribution is 2.44. The number of aromatic nitrogens is 5. The molecule has 362 valence electrons. The van der Waals surface area contributed by atoms with E-state index in [0.29, 0.717) is 45.4 Å². The minimum atomic E-state index is 0.381. The summed E-state index contributed by atoms with van der Waals surface area (Å²) in [5.74, 6) is 1.25. The van der Waals surface area contributed by atoms with E-state index in [9.17, 15) is 10.5 Å². The molecule has 0 unspecified atom stereocenters. The average molecular weight is 994 g/mol. The van der Waals surface area contributed by atoms with Crippen molar-refractivity contribution in [3.63, 3.8) is 0 Å². The van der Waals surface area contributed by atoms with E-state index in [4.69, 9.17) is 15.0 Å². The molecule has 0 aliphatic carbocycles. The fourth-order valence-electron chi connectivity index (χ4n) is 11.1. The Kier molecular flexibility index (Phi) is 11.1. The zero-order valence-electron chi connectivity index (χ0n) is 42.0. The van der Waals surface area contributed by atoms with Crippen LogP contribution in [0.3, 0.4) is 0 Å². The molecule has 0 saturated carbocycles. The minimum absolute atomic E-state index is 0.381. The number of hydrogen-bond donors (Lipinski definition) is 0. The summed E-state index contributed by atoms with van der Waals surface area (Å²) < 4.78 is 4.60. The smallest absolute Gasteiger partial charge is 0.164 e. The van der Waals surface area contributed by atoms with Crippen molar-refractivity contribution in [2.45, 2.75) is 0 Å². The van der Waals surface area contributed by atoms with Crippen LogP contribution in [0.4, 0.5) is 0 Å². The van der Waals surface area contributed by atoms with Crippen molar-refractivity contribution in [2.24, 2.45) is 0 Å². The van der Waals surface area contributed by atoms with Crippen molar-refractivity contribution in [1.82, 2.24) is 24.1 Å². The number of fused-ring (bicyclic) bond motifs is 6. The number of benzene rings is 11. The molecule has 14 aromatic rings. The van der Waals surface area contributed by atoms with E-state index in [2.05, 4.69) is 197 Å². The van der Waals surface area contributed by atoms with Gasteiger partial charge in [0.25, 0.3) is 0 Å². The molecule has 0 amide bonds. The van der Waals surface area contributed by atoms with Crippen LogP contribution in [-0.4, -0.2) is 24.1 Å². The lowest BCUT2D eigenvalue weighted by Gasteiger charge is -2.20. The van der Waals surface area contributed by atoms with Crippen molar-refractivity contribution in [3.8, 4) is 102 Å². The molecule has 3 heterocycles. The zero-order chi connectivity index (χ0) is 52.1. The molecule has 0 atom stereocenters. The number of hydrogen-bond acceptors (Lipinski definition) is 5. The highest BCUT2D eigenvalue weighted by Gasteiger charge is 2.26. The van der Waals surface area contributed by atoms with E-state index >= 15 is 0 Å². The quantitative estimate of drug-likeness (QED) is 0.144. The molecular weight excluding hydrogens is 951 g/mol. The Hall–Kier alpha value is -11.0. The molecule has 0 aliphatic rings. The fourth-order valence-corrected chi connectivity index (χ4v) is 11.1. The topological polar surface area (TPSA) is 96.1 Å². The van der Waals surface area contributed by atoms with Crippen LogP contribution in [0.1, 0.15) is 11.1 Å². The second-order valence-electron chi connectivity index (χ2n) is 19.4. The highest BCUT2D eigenvalue weighted by molar-refractivity contribution is 6.14. The van der Waals surface area contributed by atoms with Crippen LogP contribution in [0, 0.1) is 22.7 Å². The summed E-state index contributed by atoms with van der Waals surface area (Å²) in [6.07, 6.45) is 0. The Morgan fingerprint density at radius 3 is 1.03 bits per heavy atom. The summed E-state index contributed by atoms with van der Waals surface area (Å²) in [7, 11) is 0. The summed E-state index contributed by atoms with van der Waals surface area (Å²) in [5, 5.41) is 26.1. The van der Waals surface area contributed by atoms with Gasteiger partial charge in [-0.25, -0.2) is 15.0 Å². The van der Waals surface area contributed by atoms with E-state index in [0.717, 1.165) is 99.4 Å². The van der Waals surface area contributed by atoms with Crippen LogP contribution in [0.5, 0.6) is 0 Å². The van der Waals surface area contributed by atoms with E-state index in [1.54, 1.807) is 12.1 Å². The first-order valence-electron chi connectivity index (χ1n) is 25.9. The monoisotopic (exact) mass is 993 g/mol. The molecule has 3 aromatic heterocycles. The van der Waals surface area contributed by atoms with E-state index in [1.165, 1.54) is 0 Å². The third kappa shape index (κ3) is 7.95. The van der Waals surface area contributed by atoms with Crippen molar-refractivity contribution in [3.05, 3.63) is 272 Å². The number of rotatable bonds is 9. The van der Waals surface area contributed by atoms with E-state index < -0.39 is 0 Å². The van der Waals surface area contributed by atoms with Crippen LogP contribution in [0.2, 0.25) is 0 Å². The minimum Gasteiger partial charge on any atom is -0.307 e. The first kappa shape index (κ1) is 45.6. The molecule has 0 fully saturated rings. The predicted molar refractivity (Wildman–Crippen MR) is 316 cm³/mol. The van der Waals surface area contributed by atoms with Crippen LogP contribution in [-0.2, 0) is 0 Å². The Morgan fingerprint density at radius 1 is 0.269 bits per heavy atom. The van der Waals surface area contributed by atoms with Crippen molar-refractivity contribution >= 4 is 43.6 Å². The second-order valence-corrected chi connectivity index (χ2v) is 19.4. The van der Waals surface area contributed by atoms with Gasteiger partial charge in [-0.1, -0.05) is 188 Å². The molecule has 7 heteroatoms. The Bertz CT molecular complexity index is 4530. The third-order valence-corrected chi connectivity index (χ3v) is 14.8. The maximum absolute atomic E-state index is 11.9. The van der Waals surface area contributed by atoms with Gasteiger partial charge in [0.1, 0.15) is 6.07 Å². The van der Waals surface area contributed by atoms with Crippen LogP contribution < -0.4 is 0 Å². The molecule has 0 spiro atoms. The Morgan fingerprint density at radius 2 is 0.628 bits per heavy atom. The van der Waals surface area contributed by atoms with Crippen LogP contribution in [0.15, 0.2) is 261 Å². The molecule has 11 aromatic carbocycles. The van der Waals surface area contributed by atoms with Gasteiger partial charge in [0, 0.05) is 38.2 Å². The standard InChI is InChI=1S/C71H43N7/c72-44-46-17-16-28-56(37-46)70-74-69(51-26-14-5-15-27-51)75-71(76-70)57-38-58(45-73)68(78-65-35-31-54(49-22-10-3-11-23-49)41-61(65)62-42-55(32-36-66(62)78)50-24-12-4-13-25-50)67(43-57)77-63-33-29-52(47-18-6-1-7-19-47)39-59(63)60-40-53(30-34-64(60)77)48-20-8-2-9-21-48/h1-43H. The second kappa shape index (κ2) is 19.1. The zero-order valence-corrected chi connectivity index (χ0v) is 42.0. The third-order valence-electron chi connectivity index (χ3n) is 14.8. The van der Waals surface area contributed by atoms with Gasteiger partial charge in [-0.2, -0.15) is 10.5 Å². The summed E-state index contributed by atoms with van der Waals surface area (Å²) in [4.78, 5) is 15.4. The van der Waals surface area contributed by atoms with Crippen molar-refractivity contribution in [1.29, 1.82) is 10.5 Å². The maximum Gasteiger partial charge on any atom is 0.164 e. The lowest BCUT2D eigenvalue weighted by atomic mass is 10.0. The molecule has 78 heavy (non-hydrogen) atoms. The maximum atomic E-state index is 11.9. The van der Waals surface area contributed by atoms with Crippen molar-refractivity contribution < 1.29 is 0 Å². The first-order chi connectivity index (χ1) is 38.6. The molecule has 14 rings (SSSR count). The van der Waals surface area contributed by atoms with E-state index in [1.807, 2.05) is 72.8 Å². The van der Waals surface area contributed by atoms with Gasteiger partial charge < -0.3 is 9.13 Å². The van der Waals surface area contributed by atoms with Gasteiger partial charge in [-0.15, -0.1) is 0 Å². The van der Waals surface area contributed by atoms with Gasteiger partial charge in [-0.05, 0) is 117 Å². The highest BCUT2D eigenvalue weighted by atomic mass is 15.1. The largest absolute Gasteiger partial charge is 0.307 e. The average Bonchev–Trinajstić information content (AvgIpc) is 4.18. The predicted octanol–water partition coefficient (Wildman–Crippen LogP) is 17.5. The molecular formula is C71H43N7. The normalized spacial score (nSPS) is 11.3. The molecule has 0 N–H and O–H groups in total. The summed E-state index contributed by atoms with van der Waals surface area (Å²) in [6, 6.07) is 94.8. The van der Waals surface area contributed by atoms with Crippen LogP contribution >= 0.6 is 0 Å². The Balaban J connectivity index is 1.11. The number of nitrogens with zero attached hydrogens (tertiary/aromatic N) is 7. The SMILES string of the molecule is N#Cc1cccc(-c2nc(-c3ccccc3)nc(-c3cc(C#N)c(-n4c5ccc(-c6ccccc6)cc5c5cc(-c6ccccc6)ccc54)c(-n4c5ccc(-c6ccccc6)cc5c5cc(-c6ccccc6)ccc54)c3)n2)c1. The van der Waals surface area contributed by atoms with E-state index in [-0.39, 0.29) is 0 Å². The van der Waals surface area contributed by atoms with Gasteiger partial charge in [0.15, 0.2) is 17.5 Å². The fraction of sp³-hybridized carbons (Fsp3) is 0. The first-order valence-corrected chi connectivity index (χ1v) is 25.9. The molecule has 0 saturated heterocycles. The molecule has 0 radical (unpaired) electrons. The number of nitriles is 2. The summed E-state index contributed by atoms with van der Waals surface area (Å²) >= 11 is 0.